The van der Waals surface area contributed by atoms with Crippen molar-refractivity contribution in [3.8, 4) is 0 Å². The van der Waals surface area contributed by atoms with Gasteiger partial charge in [0.1, 0.15) is 10.7 Å². The number of primary amides is 1. The van der Waals surface area contributed by atoms with Crippen molar-refractivity contribution in [2.75, 3.05) is 6.54 Å². The van der Waals surface area contributed by atoms with Crippen LogP contribution in [-0.2, 0) is 10.5 Å². The van der Waals surface area contributed by atoms with Crippen molar-refractivity contribution in [2.45, 2.75) is 31.4 Å². The van der Waals surface area contributed by atoms with Gasteiger partial charge in [0.05, 0.1) is 22.6 Å². The van der Waals surface area contributed by atoms with Crippen molar-refractivity contribution in [1.29, 1.82) is 0 Å². The highest BCUT2D eigenvalue weighted by Crippen LogP contribution is 2.29. The van der Waals surface area contributed by atoms with Gasteiger partial charge in [-0.1, -0.05) is 17.7 Å². The number of carbonyl (C=O) groups excluding carboxylic acids is 2. The second-order valence-electron chi connectivity index (χ2n) is 6.46. The fourth-order valence-corrected chi connectivity index (χ4v) is 4.84. The van der Waals surface area contributed by atoms with E-state index in [4.69, 9.17) is 5.73 Å². The number of benzene rings is 1. The summed E-state index contributed by atoms with van der Waals surface area (Å²) in [6, 6.07) is 6.23. The standard InChI is InChI=1S/C19H20N4O3S2/c1-9-4-5-10(2)12(6-9)27-8-14-22-17(25)15-11(3)16(28-19(15)23-14)18(26)21-7-13(20)24/h4-6H,7-8H2,1-3H3,(H2,20,24)(H,21,26)(H,22,23,25). The van der Waals surface area contributed by atoms with Crippen LogP contribution in [0.2, 0.25) is 0 Å². The SMILES string of the molecule is Cc1ccc(C)c(SCc2nc3sc(C(=O)NCC(N)=O)c(C)c3c(=O)[nH]2)c1. The first-order valence-electron chi connectivity index (χ1n) is 8.55. The van der Waals surface area contributed by atoms with E-state index in [9.17, 15) is 14.4 Å². The van der Waals surface area contributed by atoms with Crippen LogP contribution in [0.1, 0.15) is 32.2 Å². The van der Waals surface area contributed by atoms with Gasteiger partial charge < -0.3 is 16.0 Å². The summed E-state index contributed by atoms with van der Waals surface area (Å²) < 4.78 is 0. The van der Waals surface area contributed by atoms with Gasteiger partial charge in [0.15, 0.2) is 0 Å². The maximum absolute atomic E-state index is 12.6. The number of thiophene rings is 1. The molecular weight excluding hydrogens is 396 g/mol. The van der Waals surface area contributed by atoms with E-state index < -0.39 is 11.8 Å². The van der Waals surface area contributed by atoms with Gasteiger partial charge in [-0.2, -0.15) is 0 Å². The molecule has 2 heterocycles. The Balaban J connectivity index is 1.88. The van der Waals surface area contributed by atoms with Gasteiger partial charge in [0.2, 0.25) is 5.91 Å². The van der Waals surface area contributed by atoms with E-state index in [1.807, 2.05) is 13.8 Å². The molecule has 0 atom stereocenters. The molecule has 2 aromatic heterocycles. The van der Waals surface area contributed by atoms with Crippen molar-refractivity contribution < 1.29 is 9.59 Å². The molecule has 0 radical (unpaired) electrons. The molecular formula is C19H20N4O3S2. The van der Waals surface area contributed by atoms with Crippen LogP contribution < -0.4 is 16.6 Å². The van der Waals surface area contributed by atoms with E-state index >= 15 is 0 Å². The number of H-pyrrole nitrogens is 1. The van der Waals surface area contributed by atoms with Gasteiger partial charge >= 0.3 is 0 Å². The second kappa shape index (κ2) is 8.15. The number of hydrogen-bond donors (Lipinski definition) is 3. The van der Waals surface area contributed by atoms with Crippen LogP contribution in [0.5, 0.6) is 0 Å². The topological polar surface area (TPSA) is 118 Å². The number of aryl methyl sites for hydroxylation is 3. The van der Waals surface area contributed by atoms with Crippen LogP contribution in [0, 0.1) is 20.8 Å². The minimum atomic E-state index is -0.631. The fraction of sp³-hybridized carbons (Fsp3) is 0.263. The van der Waals surface area contributed by atoms with E-state index in [1.54, 1.807) is 18.7 Å². The number of amides is 2. The summed E-state index contributed by atoms with van der Waals surface area (Å²) in [4.78, 5) is 45.0. The maximum atomic E-state index is 12.6. The van der Waals surface area contributed by atoms with E-state index in [1.165, 1.54) is 11.1 Å². The Morgan fingerprint density at radius 1 is 1.29 bits per heavy atom. The van der Waals surface area contributed by atoms with Crippen LogP contribution in [0.4, 0.5) is 0 Å². The molecule has 0 bridgehead atoms. The summed E-state index contributed by atoms with van der Waals surface area (Å²) >= 11 is 2.74. The molecule has 3 rings (SSSR count). The minimum Gasteiger partial charge on any atom is -0.368 e. The molecule has 0 spiro atoms. The molecule has 0 aliphatic carbocycles. The number of thioether (sulfide) groups is 1. The Morgan fingerprint density at radius 2 is 2.04 bits per heavy atom. The fourth-order valence-electron chi connectivity index (χ4n) is 2.73. The van der Waals surface area contributed by atoms with E-state index in [0.717, 1.165) is 16.2 Å². The summed E-state index contributed by atoms with van der Waals surface area (Å²) in [5.41, 5.74) is 7.67. The highest BCUT2D eigenvalue weighted by molar-refractivity contribution is 7.98. The van der Waals surface area contributed by atoms with Gasteiger partial charge in [-0.15, -0.1) is 23.1 Å². The Labute approximate surface area is 169 Å². The van der Waals surface area contributed by atoms with Crippen LogP contribution in [0.3, 0.4) is 0 Å². The number of nitrogens with two attached hydrogens (primary N) is 1. The number of rotatable bonds is 6. The second-order valence-corrected chi connectivity index (χ2v) is 8.47. The smallest absolute Gasteiger partial charge is 0.262 e. The average molecular weight is 417 g/mol. The van der Waals surface area contributed by atoms with Crippen molar-refractivity contribution in [1.82, 2.24) is 15.3 Å². The largest absolute Gasteiger partial charge is 0.368 e. The first-order valence-corrected chi connectivity index (χ1v) is 10.4. The first kappa shape index (κ1) is 20.1. The predicted molar refractivity (Wildman–Crippen MR) is 112 cm³/mol. The highest BCUT2D eigenvalue weighted by Gasteiger charge is 2.19. The van der Waals surface area contributed by atoms with Gasteiger partial charge in [0.25, 0.3) is 11.5 Å². The maximum Gasteiger partial charge on any atom is 0.262 e. The number of nitrogens with one attached hydrogen (secondary N) is 2. The number of carbonyl (C=O) groups is 2. The third-order valence-electron chi connectivity index (χ3n) is 4.19. The molecule has 146 valence electrons. The van der Waals surface area contributed by atoms with Crippen LogP contribution in [0.25, 0.3) is 10.2 Å². The van der Waals surface area contributed by atoms with Crippen LogP contribution in [-0.4, -0.2) is 28.3 Å². The Morgan fingerprint density at radius 3 is 2.75 bits per heavy atom. The normalized spacial score (nSPS) is 11.0. The minimum absolute atomic E-state index is 0.256. The zero-order chi connectivity index (χ0) is 20.4. The molecule has 0 unspecified atom stereocenters. The Kier molecular flexibility index (Phi) is 5.85. The molecule has 3 aromatic rings. The number of hydrogen-bond acceptors (Lipinski definition) is 6. The summed E-state index contributed by atoms with van der Waals surface area (Å²) in [5.74, 6) is -0.0112. The van der Waals surface area contributed by atoms with Crippen molar-refractivity contribution in [2.24, 2.45) is 5.73 Å². The van der Waals surface area contributed by atoms with E-state index in [0.29, 0.717) is 32.2 Å². The molecule has 0 saturated heterocycles. The third-order valence-corrected chi connectivity index (χ3v) is 6.54. The molecule has 7 nitrogen and oxygen atoms in total. The lowest BCUT2D eigenvalue weighted by Crippen LogP contribution is -2.33. The predicted octanol–water partition coefficient (Wildman–Crippen LogP) is 2.42. The summed E-state index contributed by atoms with van der Waals surface area (Å²) in [7, 11) is 0. The summed E-state index contributed by atoms with van der Waals surface area (Å²) in [5, 5.41) is 2.84. The van der Waals surface area contributed by atoms with Crippen molar-refractivity contribution in [3.05, 3.63) is 55.9 Å². The zero-order valence-corrected chi connectivity index (χ0v) is 17.3. The highest BCUT2D eigenvalue weighted by atomic mass is 32.2. The molecule has 2 amide bonds. The van der Waals surface area contributed by atoms with Crippen molar-refractivity contribution >= 4 is 45.1 Å². The molecule has 4 N–H and O–H groups in total. The molecule has 9 heteroatoms. The van der Waals surface area contributed by atoms with Crippen molar-refractivity contribution in [3.63, 3.8) is 0 Å². The van der Waals surface area contributed by atoms with Gasteiger partial charge in [-0.25, -0.2) is 4.98 Å². The number of fused-ring (bicyclic) bond motifs is 1. The van der Waals surface area contributed by atoms with Crippen LogP contribution in [0.15, 0.2) is 27.9 Å². The van der Waals surface area contributed by atoms with E-state index in [-0.39, 0.29) is 12.1 Å². The molecule has 0 aliphatic rings. The lowest BCUT2D eigenvalue weighted by atomic mass is 10.2. The number of aromatic amines is 1. The summed E-state index contributed by atoms with van der Waals surface area (Å²) in [6.45, 7) is 5.52. The Hall–Kier alpha value is -2.65. The molecule has 1 aromatic carbocycles. The zero-order valence-electron chi connectivity index (χ0n) is 15.7. The van der Waals surface area contributed by atoms with Crippen LogP contribution >= 0.6 is 23.1 Å². The Bertz CT molecular complexity index is 1130. The lowest BCUT2D eigenvalue weighted by molar-refractivity contribution is -0.117. The van der Waals surface area contributed by atoms with Gasteiger partial charge in [-0.05, 0) is 38.0 Å². The molecule has 28 heavy (non-hydrogen) atoms. The molecule has 0 aliphatic heterocycles. The van der Waals surface area contributed by atoms with Gasteiger partial charge in [-0.3, -0.25) is 14.4 Å². The summed E-state index contributed by atoms with van der Waals surface area (Å²) in [6.07, 6.45) is 0. The van der Waals surface area contributed by atoms with Gasteiger partial charge in [0, 0.05) is 4.90 Å². The monoisotopic (exact) mass is 416 g/mol. The lowest BCUT2D eigenvalue weighted by Gasteiger charge is -2.06. The first-order chi connectivity index (χ1) is 13.3. The average Bonchev–Trinajstić information content (AvgIpc) is 2.97. The molecule has 0 saturated carbocycles. The third kappa shape index (κ3) is 4.26. The number of aromatic nitrogens is 2. The molecule has 0 fully saturated rings. The van der Waals surface area contributed by atoms with E-state index in [2.05, 4.69) is 33.5 Å². The number of nitrogens with zero attached hydrogens (tertiary/aromatic N) is 1. The quantitative estimate of drug-likeness (QED) is 0.533.